The Kier molecular flexibility index (Phi) is 6.52. The molecule has 2 aromatic rings. The van der Waals surface area contributed by atoms with E-state index in [1.54, 1.807) is 0 Å². The fraction of sp³-hybridized carbons (Fsp3) is 0.333. The van der Waals surface area contributed by atoms with Gasteiger partial charge in [0.15, 0.2) is 5.84 Å². The molecule has 1 atom stereocenters. The Balaban J connectivity index is 1.95. The third-order valence-corrected chi connectivity index (χ3v) is 4.96. The highest BCUT2D eigenvalue weighted by Gasteiger charge is 2.38. The van der Waals surface area contributed by atoms with E-state index in [0.29, 0.717) is 29.5 Å². The van der Waals surface area contributed by atoms with Crippen LogP contribution in [0.5, 0.6) is 0 Å². The molecule has 7 heteroatoms. The summed E-state index contributed by atoms with van der Waals surface area (Å²) >= 11 is 6.02. The molecule has 3 rings (SSSR count). The van der Waals surface area contributed by atoms with Crippen LogP contribution < -0.4 is 5.32 Å². The van der Waals surface area contributed by atoms with Crippen molar-refractivity contribution < 1.29 is 4.39 Å². The van der Waals surface area contributed by atoms with Crippen LogP contribution in [0.4, 0.5) is 15.8 Å². The highest BCUT2D eigenvalue weighted by molar-refractivity contribution is 6.30. The largest absolute Gasteiger partial charge is 0.371 e. The number of alkyl halides is 1. The zero-order chi connectivity index (χ0) is 20.0. The van der Waals surface area contributed by atoms with E-state index in [1.807, 2.05) is 49.4 Å². The molecule has 0 saturated heterocycles. The zero-order valence-corrected chi connectivity index (χ0v) is 16.5. The van der Waals surface area contributed by atoms with Gasteiger partial charge in [0.1, 0.15) is 5.54 Å². The summed E-state index contributed by atoms with van der Waals surface area (Å²) < 4.78 is 13.5. The topological polar surface area (TPSA) is 73.0 Å². The number of anilines is 1. The molecule has 146 valence electrons. The van der Waals surface area contributed by atoms with Crippen molar-refractivity contribution in [3.8, 4) is 0 Å². The Labute approximate surface area is 169 Å². The number of nitrogens with one attached hydrogen (secondary N) is 2. The number of nitrogens with zero attached hydrogens (tertiary/aromatic N) is 3. The number of fused-ring (bicyclic) bond motifs is 1. The number of hydrogen-bond donors (Lipinski definition) is 2. The first-order chi connectivity index (χ1) is 13.6. The second-order valence-corrected chi connectivity index (χ2v) is 7.22. The Bertz CT molecular complexity index is 903. The summed E-state index contributed by atoms with van der Waals surface area (Å²) in [5.41, 5.74) is 2.50. The molecule has 0 aromatic heterocycles. The summed E-state index contributed by atoms with van der Waals surface area (Å²) in [7, 11) is 0. The summed E-state index contributed by atoms with van der Waals surface area (Å²) in [5, 5.41) is 20.3. The summed E-state index contributed by atoms with van der Waals surface area (Å²) in [6.07, 6.45) is 3.06. The van der Waals surface area contributed by atoms with Gasteiger partial charge in [0, 0.05) is 17.7 Å². The first-order valence-corrected chi connectivity index (χ1v) is 9.68. The van der Waals surface area contributed by atoms with Gasteiger partial charge in [-0.15, -0.1) is 5.11 Å². The van der Waals surface area contributed by atoms with E-state index >= 15 is 0 Å². The summed E-state index contributed by atoms with van der Waals surface area (Å²) in [4.78, 5) is 4.69. The van der Waals surface area contributed by atoms with Gasteiger partial charge in [-0.3, -0.25) is 4.39 Å². The Hall–Kier alpha value is -2.60. The van der Waals surface area contributed by atoms with E-state index in [9.17, 15) is 4.39 Å². The Morgan fingerprint density at radius 2 is 2.11 bits per heavy atom. The lowest BCUT2D eigenvalue weighted by Gasteiger charge is -2.37. The molecule has 0 spiro atoms. The number of hydrogen-bond acceptors (Lipinski definition) is 5. The third kappa shape index (κ3) is 4.44. The normalized spacial score (nSPS) is 18.5. The van der Waals surface area contributed by atoms with Gasteiger partial charge in [0.25, 0.3) is 0 Å². The number of azo groups is 1. The molecule has 2 aromatic carbocycles. The highest BCUT2D eigenvalue weighted by atomic mass is 35.5. The van der Waals surface area contributed by atoms with Crippen molar-refractivity contribution in [2.75, 3.05) is 12.0 Å². The van der Waals surface area contributed by atoms with E-state index in [4.69, 9.17) is 17.0 Å². The molecule has 0 fully saturated rings. The monoisotopic (exact) mass is 399 g/mol. The van der Waals surface area contributed by atoms with Gasteiger partial charge in [-0.1, -0.05) is 43.1 Å². The van der Waals surface area contributed by atoms with Crippen molar-refractivity contribution in [1.29, 1.82) is 5.41 Å². The number of benzene rings is 2. The molecular formula is C21H23ClFN5. The SMILES string of the molecule is CCCC1(CCF)Nc2cc(C=N)ccc2N=C1N=NCc1cccc(Cl)c1. The van der Waals surface area contributed by atoms with Crippen molar-refractivity contribution in [2.45, 2.75) is 38.3 Å². The van der Waals surface area contributed by atoms with E-state index in [1.165, 1.54) is 6.21 Å². The molecule has 0 bridgehead atoms. The fourth-order valence-electron chi connectivity index (χ4n) is 3.37. The summed E-state index contributed by atoms with van der Waals surface area (Å²) in [6, 6.07) is 13.0. The minimum absolute atomic E-state index is 0.254. The van der Waals surface area contributed by atoms with Crippen LogP contribution in [0.2, 0.25) is 5.02 Å². The maximum atomic E-state index is 13.5. The van der Waals surface area contributed by atoms with Crippen molar-refractivity contribution in [1.82, 2.24) is 0 Å². The molecule has 1 unspecified atom stereocenters. The second kappa shape index (κ2) is 9.06. The van der Waals surface area contributed by atoms with Gasteiger partial charge in [0.2, 0.25) is 0 Å². The van der Waals surface area contributed by atoms with Gasteiger partial charge in [-0.2, -0.15) is 5.11 Å². The zero-order valence-electron chi connectivity index (χ0n) is 15.8. The molecule has 28 heavy (non-hydrogen) atoms. The Morgan fingerprint density at radius 1 is 1.25 bits per heavy atom. The smallest absolute Gasteiger partial charge is 0.176 e. The average Bonchev–Trinajstić information content (AvgIpc) is 2.68. The van der Waals surface area contributed by atoms with Gasteiger partial charge < -0.3 is 10.7 Å². The maximum absolute atomic E-state index is 13.5. The highest BCUT2D eigenvalue weighted by Crippen LogP contribution is 2.38. The molecular weight excluding hydrogens is 377 g/mol. The minimum atomic E-state index is -0.713. The predicted octanol–water partition coefficient (Wildman–Crippen LogP) is 6.34. The molecule has 0 radical (unpaired) electrons. The summed E-state index contributed by atoms with van der Waals surface area (Å²) in [5.74, 6) is 0.490. The summed E-state index contributed by atoms with van der Waals surface area (Å²) in [6.45, 7) is 1.93. The fourth-order valence-corrected chi connectivity index (χ4v) is 3.59. The molecule has 0 amide bonds. The van der Waals surface area contributed by atoms with E-state index in [-0.39, 0.29) is 6.42 Å². The predicted molar refractivity (Wildman–Crippen MR) is 113 cm³/mol. The molecule has 1 aliphatic heterocycles. The van der Waals surface area contributed by atoms with E-state index in [2.05, 4.69) is 20.5 Å². The lowest BCUT2D eigenvalue weighted by Crippen LogP contribution is -2.47. The van der Waals surface area contributed by atoms with Gasteiger partial charge in [-0.05, 0) is 41.8 Å². The first-order valence-electron chi connectivity index (χ1n) is 9.30. The van der Waals surface area contributed by atoms with Crippen molar-refractivity contribution in [2.24, 2.45) is 15.2 Å². The van der Waals surface area contributed by atoms with Crippen molar-refractivity contribution in [3.05, 3.63) is 58.6 Å². The lowest BCUT2D eigenvalue weighted by molar-refractivity contribution is 0.398. The molecule has 0 aliphatic carbocycles. The van der Waals surface area contributed by atoms with Crippen molar-refractivity contribution >= 4 is 35.0 Å². The first kappa shape index (κ1) is 20.1. The van der Waals surface area contributed by atoms with Crippen LogP contribution in [0.1, 0.15) is 37.3 Å². The van der Waals surface area contributed by atoms with Crippen LogP contribution in [-0.2, 0) is 6.54 Å². The van der Waals surface area contributed by atoms with Crippen LogP contribution in [-0.4, -0.2) is 24.3 Å². The van der Waals surface area contributed by atoms with Crippen LogP contribution in [0.25, 0.3) is 0 Å². The quantitative estimate of drug-likeness (QED) is 0.413. The molecule has 5 nitrogen and oxygen atoms in total. The number of amidine groups is 1. The average molecular weight is 400 g/mol. The standard InChI is InChI=1S/C21H23ClFN5/c1-2-8-21(9-10-23)20(28-25-14-16-4-3-5-17(22)11-16)26-18-7-6-15(13-24)12-19(18)27-21/h3-7,11-13,24,27H,2,8-10,14H2,1H3. The maximum Gasteiger partial charge on any atom is 0.176 e. The van der Waals surface area contributed by atoms with Gasteiger partial charge in [-0.25, -0.2) is 4.99 Å². The third-order valence-electron chi connectivity index (χ3n) is 4.72. The Morgan fingerprint density at radius 3 is 2.82 bits per heavy atom. The van der Waals surface area contributed by atoms with Crippen LogP contribution in [0, 0.1) is 5.41 Å². The number of rotatable bonds is 7. The minimum Gasteiger partial charge on any atom is -0.371 e. The van der Waals surface area contributed by atoms with Gasteiger partial charge in [0.05, 0.1) is 24.6 Å². The van der Waals surface area contributed by atoms with Crippen LogP contribution in [0.15, 0.2) is 57.7 Å². The number of halogens is 2. The van der Waals surface area contributed by atoms with Crippen LogP contribution in [0.3, 0.4) is 0 Å². The second-order valence-electron chi connectivity index (χ2n) is 6.78. The lowest BCUT2D eigenvalue weighted by atomic mass is 9.87. The molecule has 1 aliphatic rings. The molecule has 1 heterocycles. The van der Waals surface area contributed by atoms with Crippen molar-refractivity contribution in [3.63, 3.8) is 0 Å². The van der Waals surface area contributed by atoms with E-state index < -0.39 is 12.2 Å². The van der Waals surface area contributed by atoms with Crippen LogP contribution >= 0.6 is 11.6 Å². The molecule has 0 saturated carbocycles. The number of aliphatic imine (C=N–C) groups is 1. The van der Waals surface area contributed by atoms with E-state index in [0.717, 1.165) is 23.2 Å². The molecule has 2 N–H and O–H groups in total. The van der Waals surface area contributed by atoms with Gasteiger partial charge >= 0.3 is 0 Å².